The largest absolute Gasteiger partial charge is 0.467 e. The van der Waals surface area contributed by atoms with Crippen molar-refractivity contribution in [3.05, 3.63) is 16.1 Å². The molecule has 0 aliphatic carbocycles. The van der Waals surface area contributed by atoms with E-state index in [0.717, 1.165) is 13.0 Å². The molecule has 0 fully saturated rings. The molecule has 1 rings (SSSR count). The Morgan fingerprint density at radius 3 is 2.63 bits per heavy atom. The van der Waals surface area contributed by atoms with Gasteiger partial charge in [-0.05, 0) is 19.4 Å². The van der Waals surface area contributed by atoms with Crippen LogP contribution in [0.15, 0.2) is 6.07 Å². The van der Waals surface area contributed by atoms with E-state index in [0.29, 0.717) is 21.7 Å². The molecule has 2 N–H and O–H groups in total. The standard InChI is InChI=1S/C12H17Cl2N3O2/c1-4-5-15-10-8(13)6-9(14)11(17-10)16-7(2)12(18)19-3/h6-7H,4-5H2,1-3H3,(H2,15,16,17). The van der Waals surface area contributed by atoms with Crippen LogP contribution in [0, 0.1) is 0 Å². The molecule has 0 bridgehead atoms. The molecule has 0 radical (unpaired) electrons. The molecule has 0 aromatic carbocycles. The van der Waals surface area contributed by atoms with E-state index in [9.17, 15) is 4.79 Å². The smallest absolute Gasteiger partial charge is 0.328 e. The van der Waals surface area contributed by atoms with Crippen LogP contribution in [0.5, 0.6) is 0 Å². The summed E-state index contributed by atoms with van der Waals surface area (Å²) in [6.45, 7) is 4.45. The lowest BCUT2D eigenvalue weighted by atomic mass is 10.3. The van der Waals surface area contributed by atoms with E-state index in [1.165, 1.54) is 7.11 Å². The molecule has 0 aliphatic heterocycles. The van der Waals surface area contributed by atoms with Crippen molar-refractivity contribution in [2.24, 2.45) is 0 Å². The molecule has 1 heterocycles. The van der Waals surface area contributed by atoms with Gasteiger partial charge >= 0.3 is 5.97 Å². The molecule has 0 saturated heterocycles. The molecule has 0 saturated carbocycles. The highest BCUT2D eigenvalue weighted by molar-refractivity contribution is 6.37. The summed E-state index contributed by atoms with van der Waals surface area (Å²) in [6, 6.07) is 1.04. The van der Waals surface area contributed by atoms with E-state index >= 15 is 0 Å². The number of rotatable bonds is 6. The van der Waals surface area contributed by atoms with Gasteiger partial charge in [-0.25, -0.2) is 9.78 Å². The second kappa shape index (κ2) is 7.40. The van der Waals surface area contributed by atoms with Crippen LogP contribution in [0.4, 0.5) is 11.6 Å². The Labute approximate surface area is 122 Å². The van der Waals surface area contributed by atoms with Gasteiger partial charge in [0.1, 0.15) is 17.7 Å². The molecule has 5 nitrogen and oxygen atoms in total. The number of methoxy groups -OCH3 is 1. The van der Waals surface area contributed by atoms with Gasteiger partial charge < -0.3 is 15.4 Å². The third-order valence-corrected chi connectivity index (χ3v) is 2.96. The number of anilines is 2. The molecule has 7 heteroatoms. The Hall–Kier alpha value is -1.20. The maximum Gasteiger partial charge on any atom is 0.328 e. The number of nitrogens with zero attached hydrogens (tertiary/aromatic N) is 1. The number of esters is 1. The number of hydrogen-bond donors (Lipinski definition) is 2. The Balaban J connectivity index is 2.91. The highest BCUT2D eigenvalue weighted by Gasteiger charge is 2.16. The molecular formula is C12H17Cl2N3O2. The first-order chi connectivity index (χ1) is 8.99. The van der Waals surface area contributed by atoms with E-state index in [4.69, 9.17) is 23.2 Å². The summed E-state index contributed by atoms with van der Waals surface area (Å²) in [6.07, 6.45) is 0.946. The normalized spacial score (nSPS) is 11.8. The van der Waals surface area contributed by atoms with Gasteiger partial charge in [0, 0.05) is 6.54 Å². The van der Waals surface area contributed by atoms with Gasteiger partial charge in [0.2, 0.25) is 0 Å². The molecule has 1 aromatic rings. The number of hydrogen-bond acceptors (Lipinski definition) is 5. The van der Waals surface area contributed by atoms with Crippen molar-refractivity contribution in [2.45, 2.75) is 26.3 Å². The van der Waals surface area contributed by atoms with Gasteiger partial charge in [-0.3, -0.25) is 0 Å². The molecule has 1 aromatic heterocycles. The predicted molar refractivity (Wildman–Crippen MR) is 78.1 cm³/mol. The highest BCUT2D eigenvalue weighted by Crippen LogP contribution is 2.29. The topological polar surface area (TPSA) is 63.2 Å². The fraction of sp³-hybridized carbons (Fsp3) is 0.500. The Morgan fingerprint density at radius 1 is 1.42 bits per heavy atom. The lowest BCUT2D eigenvalue weighted by molar-refractivity contribution is -0.141. The third kappa shape index (κ3) is 4.44. The quantitative estimate of drug-likeness (QED) is 0.790. The van der Waals surface area contributed by atoms with E-state index in [1.807, 2.05) is 6.92 Å². The minimum atomic E-state index is -0.546. The zero-order valence-electron chi connectivity index (χ0n) is 11.1. The maximum atomic E-state index is 11.4. The van der Waals surface area contributed by atoms with Gasteiger partial charge in [-0.1, -0.05) is 30.1 Å². The predicted octanol–water partition coefficient (Wildman–Crippen LogP) is 3.18. The fourth-order valence-corrected chi connectivity index (χ4v) is 1.86. The van der Waals surface area contributed by atoms with Crippen molar-refractivity contribution >= 4 is 40.8 Å². The van der Waals surface area contributed by atoms with Crippen LogP contribution in [0.2, 0.25) is 10.0 Å². The highest BCUT2D eigenvalue weighted by atomic mass is 35.5. The first-order valence-electron chi connectivity index (χ1n) is 5.93. The number of ether oxygens (including phenoxy) is 1. The molecule has 1 unspecified atom stereocenters. The van der Waals surface area contributed by atoms with Crippen LogP contribution >= 0.6 is 23.2 Å². The third-order valence-electron chi connectivity index (χ3n) is 2.38. The van der Waals surface area contributed by atoms with Gasteiger partial charge in [0.15, 0.2) is 0 Å². The molecular weight excluding hydrogens is 289 g/mol. The number of carbonyl (C=O) groups excluding carboxylic acids is 1. The lowest BCUT2D eigenvalue weighted by Gasteiger charge is -2.15. The first kappa shape index (κ1) is 15.9. The van der Waals surface area contributed by atoms with Gasteiger partial charge in [-0.15, -0.1) is 0 Å². The van der Waals surface area contributed by atoms with Crippen LogP contribution in [0.3, 0.4) is 0 Å². The summed E-state index contributed by atoms with van der Waals surface area (Å²) in [5.74, 6) is 0.533. The zero-order chi connectivity index (χ0) is 14.4. The average Bonchev–Trinajstić information content (AvgIpc) is 2.39. The second-order valence-corrected chi connectivity index (χ2v) is 4.78. The maximum absolute atomic E-state index is 11.4. The number of pyridine rings is 1. The van der Waals surface area contributed by atoms with E-state index in [2.05, 4.69) is 20.4 Å². The van der Waals surface area contributed by atoms with E-state index in [1.54, 1.807) is 13.0 Å². The minimum absolute atomic E-state index is 0.350. The first-order valence-corrected chi connectivity index (χ1v) is 6.69. The van der Waals surface area contributed by atoms with E-state index in [-0.39, 0.29) is 0 Å². The molecule has 1 atom stereocenters. The monoisotopic (exact) mass is 305 g/mol. The van der Waals surface area contributed by atoms with Crippen LogP contribution in [-0.2, 0) is 9.53 Å². The van der Waals surface area contributed by atoms with Gasteiger partial charge in [0.25, 0.3) is 0 Å². The number of nitrogens with one attached hydrogen (secondary N) is 2. The molecule has 106 valence electrons. The summed E-state index contributed by atoms with van der Waals surface area (Å²) in [5.41, 5.74) is 0. The van der Waals surface area contributed by atoms with Crippen LogP contribution in [0.1, 0.15) is 20.3 Å². The summed E-state index contributed by atoms with van der Waals surface area (Å²) in [5, 5.41) is 6.77. The van der Waals surface area contributed by atoms with Crippen molar-refractivity contribution in [3.63, 3.8) is 0 Å². The SMILES string of the molecule is CCCNc1nc(NC(C)C(=O)OC)c(Cl)cc1Cl. The number of aromatic nitrogens is 1. The Morgan fingerprint density at radius 2 is 2.05 bits per heavy atom. The number of halogens is 2. The molecule has 19 heavy (non-hydrogen) atoms. The van der Waals surface area contributed by atoms with Crippen molar-refractivity contribution < 1.29 is 9.53 Å². The number of carbonyl (C=O) groups is 1. The summed E-state index contributed by atoms with van der Waals surface area (Å²) < 4.78 is 4.63. The lowest BCUT2D eigenvalue weighted by Crippen LogP contribution is -2.27. The molecule has 0 aliphatic rings. The Bertz CT molecular complexity index is 455. The van der Waals surface area contributed by atoms with Gasteiger partial charge in [0.05, 0.1) is 17.2 Å². The molecule has 0 amide bonds. The van der Waals surface area contributed by atoms with Crippen molar-refractivity contribution in [2.75, 3.05) is 24.3 Å². The minimum Gasteiger partial charge on any atom is -0.467 e. The average molecular weight is 306 g/mol. The molecule has 0 spiro atoms. The zero-order valence-corrected chi connectivity index (χ0v) is 12.6. The van der Waals surface area contributed by atoms with Crippen molar-refractivity contribution in [1.29, 1.82) is 0 Å². The fourth-order valence-electron chi connectivity index (χ4n) is 1.38. The second-order valence-electron chi connectivity index (χ2n) is 3.97. The summed E-state index contributed by atoms with van der Waals surface area (Å²) >= 11 is 12.1. The van der Waals surface area contributed by atoms with Crippen LogP contribution in [0.25, 0.3) is 0 Å². The van der Waals surface area contributed by atoms with E-state index < -0.39 is 12.0 Å². The van der Waals surface area contributed by atoms with Crippen molar-refractivity contribution in [1.82, 2.24) is 4.98 Å². The Kier molecular flexibility index (Phi) is 6.18. The summed E-state index contributed by atoms with van der Waals surface area (Å²) in [7, 11) is 1.33. The summed E-state index contributed by atoms with van der Waals surface area (Å²) in [4.78, 5) is 15.6. The van der Waals surface area contributed by atoms with Gasteiger partial charge in [-0.2, -0.15) is 0 Å². The van der Waals surface area contributed by atoms with Crippen LogP contribution in [-0.4, -0.2) is 30.6 Å². The van der Waals surface area contributed by atoms with Crippen molar-refractivity contribution in [3.8, 4) is 0 Å². The van der Waals surface area contributed by atoms with Crippen LogP contribution < -0.4 is 10.6 Å².